The summed E-state index contributed by atoms with van der Waals surface area (Å²) >= 11 is 1.34. The van der Waals surface area contributed by atoms with E-state index in [0.29, 0.717) is 16.5 Å². The van der Waals surface area contributed by atoms with Gasteiger partial charge < -0.3 is 14.6 Å². The van der Waals surface area contributed by atoms with Crippen LogP contribution in [0.2, 0.25) is 0 Å². The van der Waals surface area contributed by atoms with Crippen molar-refractivity contribution >= 4 is 22.3 Å². The van der Waals surface area contributed by atoms with Crippen LogP contribution in [0.5, 0.6) is 17.4 Å². The summed E-state index contributed by atoms with van der Waals surface area (Å²) in [5.41, 5.74) is -0.00726. The number of imidazole rings is 1. The molecule has 1 aromatic carbocycles. The smallest absolute Gasteiger partial charge is 0.358 e. The lowest BCUT2D eigenvalue weighted by atomic mass is 10.3. The summed E-state index contributed by atoms with van der Waals surface area (Å²) in [6.07, 6.45) is 1.64. The maximum Gasteiger partial charge on any atom is 0.358 e. The monoisotopic (exact) mass is 290 g/mol. The van der Waals surface area contributed by atoms with Crippen molar-refractivity contribution in [2.24, 2.45) is 0 Å². The Bertz CT molecular complexity index is 778. The summed E-state index contributed by atoms with van der Waals surface area (Å²) in [6.45, 7) is 0. The topological polar surface area (TPSA) is 73.1 Å². The first-order valence-corrected chi connectivity index (χ1v) is 6.58. The highest BCUT2D eigenvalue weighted by Gasteiger charge is 2.22. The third-order valence-electron chi connectivity index (χ3n) is 2.71. The average Bonchev–Trinajstić information content (AvgIpc) is 2.99. The number of fused-ring (bicyclic) bond motifs is 1. The maximum atomic E-state index is 11.4. The van der Waals surface area contributed by atoms with E-state index >= 15 is 0 Å². The summed E-state index contributed by atoms with van der Waals surface area (Å²) in [7, 11) is 1.52. The molecular formula is C13H10N2O4S. The van der Waals surface area contributed by atoms with Crippen molar-refractivity contribution in [3.8, 4) is 17.4 Å². The summed E-state index contributed by atoms with van der Waals surface area (Å²) in [4.78, 5) is 16.1. The van der Waals surface area contributed by atoms with Crippen LogP contribution in [0.25, 0.3) is 4.96 Å². The van der Waals surface area contributed by atoms with E-state index in [1.54, 1.807) is 35.8 Å². The Morgan fingerprint density at radius 3 is 2.80 bits per heavy atom. The number of thiazole rings is 1. The quantitative estimate of drug-likeness (QED) is 0.799. The van der Waals surface area contributed by atoms with Gasteiger partial charge in [-0.15, -0.1) is 11.3 Å². The summed E-state index contributed by atoms with van der Waals surface area (Å²) in [5.74, 6) is -0.113. The second-order valence-corrected chi connectivity index (χ2v) is 4.75. The summed E-state index contributed by atoms with van der Waals surface area (Å²) in [5, 5.41) is 11.1. The number of benzene rings is 1. The molecule has 0 spiro atoms. The Morgan fingerprint density at radius 1 is 1.35 bits per heavy atom. The van der Waals surface area contributed by atoms with Crippen molar-refractivity contribution in [3.05, 3.63) is 41.5 Å². The van der Waals surface area contributed by atoms with Crippen LogP contribution in [0.4, 0.5) is 0 Å². The molecule has 20 heavy (non-hydrogen) atoms. The van der Waals surface area contributed by atoms with Crippen molar-refractivity contribution in [2.45, 2.75) is 0 Å². The van der Waals surface area contributed by atoms with Gasteiger partial charge in [0, 0.05) is 11.6 Å². The lowest BCUT2D eigenvalue weighted by Gasteiger charge is -2.08. The van der Waals surface area contributed by atoms with Gasteiger partial charge in [0.25, 0.3) is 5.88 Å². The number of methoxy groups -OCH3 is 1. The van der Waals surface area contributed by atoms with Crippen LogP contribution in [0.3, 0.4) is 0 Å². The van der Waals surface area contributed by atoms with Crippen LogP contribution < -0.4 is 9.47 Å². The third-order valence-corrected chi connectivity index (χ3v) is 3.47. The van der Waals surface area contributed by atoms with Gasteiger partial charge >= 0.3 is 5.97 Å². The van der Waals surface area contributed by atoms with E-state index in [4.69, 9.17) is 9.47 Å². The first-order valence-electron chi connectivity index (χ1n) is 5.70. The number of hydrogen-bond donors (Lipinski definition) is 1. The molecule has 0 fully saturated rings. The largest absolute Gasteiger partial charge is 0.493 e. The lowest BCUT2D eigenvalue weighted by Crippen LogP contribution is -2.03. The average molecular weight is 290 g/mol. The first kappa shape index (κ1) is 12.5. The van der Waals surface area contributed by atoms with E-state index in [-0.39, 0.29) is 11.6 Å². The van der Waals surface area contributed by atoms with Crippen LogP contribution in [-0.2, 0) is 0 Å². The predicted octanol–water partition coefficient (Wildman–Crippen LogP) is 2.89. The molecule has 6 nitrogen and oxygen atoms in total. The Hall–Kier alpha value is -2.54. The highest BCUT2D eigenvalue weighted by atomic mass is 32.1. The van der Waals surface area contributed by atoms with Crippen LogP contribution in [-0.4, -0.2) is 27.6 Å². The minimum atomic E-state index is -1.10. The molecular weight excluding hydrogens is 280 g/mol. The molecule has 0 radical (unpaired) electrons. The fraction of sp³-hybridized carbons (Fsp3) is 0.0769. The fourth-order valence-electron chi connectivity index (χ4n) is 1.84. The number of para-hydroxylation sites is 2. The van der Waals surface area contributed by atoms with Crippen molar-refractivity contribution in [2.75, 3.05) is 7.11 Å². The van der Waals surface area contributed by atoms with E-state index in [1.165, 1.54) is 22.8 Å². The Morgan fingerprint density at radius 2 is 2.10 bits per heavy atom. The molecule has 0 aliphatic rings. The molecule has 0 aliphatic heterocycles. The first-order chi connectivity index (χ1) is 9.70. The van der Waals surface area contributed by atoms with E-state index in [9.17, 15) is 9.90 Å². The fourth-order valence-corrected chi connectivity index (χ4v) is 2.54. The number of nitrogens with zero attached hydrogens (tertiary/aromatic N) is 2. The maximum absolute atomic E-state index is 11.4. The second kappa shape index (κ2) is 4.86. The third kappa shape index (κ3) is 1.97. The number of aromatic nitrogens is 2. The van der Waals surface area contributed by atoms with Gasteiger partial charge in [-0.05, 0) is 12.1 Å². The molecule has 0 bridgehead atoms. The van der Waals surface area contributed by atoms with E-state index in [2.05, 4.69) is 4.98 Å². The summed E-state index contributed by atoms with van der Waals surface area (Å²) in [6, 6.07) is 7.00. The van der Waals surface area contributed by atoms with Crippen LogP contribution in [0.15, 0.2) is 35.8 Å². The molecule has 102 valence electrons. The zero-order chi connectivity index (χ0) is 14.1. The summed E-state index contributed by atoms with van der Waals surface area (Å²) < 4.78 is 12.3. The zero-order valence-electron chi connectivity index (χ0n) is 10.4. The molecule has 0 unspecified atom stereocenters. The SMILES string of the molecule is COc1ccccc1Oc1nc2sccn2c1C(=O)O. The predicted molar refractivity (Wildman–Crippen MR) is 73.1 cm³/mol. The molecule has 0 saturated heterocycles. The molecule has 3 aromatic rings. The highest BCUT2D eigenvalue weighted by molar-refractivity contribution is 7.15. The number of hydrogen-bond acceptors (Lipinski definition) is 5. The molecule has 0 saturated carbocycles. The van der Waals surface area contributed by atoms with Crippen LogP contribution in [0.1, 0.15) is 10.5 Å². The van der Waals surface area contributed by atoms with Gasteiger partial charge in [-0.2, -0.15) is 4.98 Å². The van der Waals surface area contributed by atoms with Gasteiger partial charge in [0.05, 0.1) is 7.11 Å². The van der Waals surface area contributed by atoms with Gasteiger partial charge in [-0.3, -0.25) is 4.40 Å². The molecule has 1 N–H and O–H groups in total. The number of carboxylic acids is 1. The van der Waals surface area contributed by atoms with Crippen molar-refractivity contribution < 1.29 is 19.4 Å². The minimum absolute atomic E-state index is 0.00726. The molecule has 7 heteroatoms. The number of carbonyl (C=O) groups is 1. The van der Waals surface area contributed by atoms with Gasteiger partial charge in [0.2, 0.25) is 0 Å². The number of carboxylic acid groups (broad SMARTS) is 1. The minimum Gasteiger partial charge on any atom is -0.493 e. The van der Waals surface area contributed by atoms with E-state index < -0.39 is 5.97 Å². The standard InChI is InChI=1S/C13H10N2O4S/c1-18-8-4-2-3-5-9(8)19-11-10(12(16)17)15-6-7-20-13(15)14-11/h2-7H,1H3,(H,16,17). The zero-order valence-corrected chi connectivity index (χ0v) is 11.3. The molecule has 0 aliphatic carbocycles. The second-order valence-electron chi connectivity index (χ2n) is 3.88. The van der Waals surface area contributed by atoms with E-state index in [1.807, 2.05) is 0 Å². The van der Waals surface area contributed by atoms with Crippen molar-refractivity contribution in [1.29, 1.82) is 0 Å². The Labute approximate surface area is 117 Å². The molecule has 2 heterocycles. The molecule has 2 aromatic heterocycles. The van der Waals surface area contributed by atoms with Crippen molar-refractivity contribution in [3.63, 3.8) is 0 Å². The number of rotatable bonds is 4. The van der Waals surface area contributed by atoms with Gasteiger partial charge in [-0.25, -0.2) is 4.79 Å². The molecule has 0 amide bonds. The Balaban J connectivity index is 2.08. The number of aromatic carboxylic acids is 1. The normalized spacial score (nSPS) is 10.7. The number of ether oxygens (including phenoxy) is 2. The van der Waals surface area contributed by atoms with Gasteiger partial charge in [0.1, 0.15) is 0 Å². The molecule has 3 rings (SSSR count). The Kier molecular flexibility index (Phi) is 3.03. The van der Waals surface area contributed by atoms with Crippen LogP contribution in [0, 0.1) is 0 Å². The highest BCUT2D eigenvalue weighted by Crippen LogP contribution is 2.33. The van der Waals surface area contributed by atoms with Crippen LogP contribution >= 0.6 is 11.3 Å². The van der Waals surface area contributed by atoms with E-state index in [0.717, 1.165) is 0 Å². The van der Waals surface area contributed by atoms with Crippen molar-refractivity contribution in [1.82, 2.24) is 9.38 Å². The lowest BCUT2D eigenvalue weighted by molar-refractivity contribution is 0.0686. The van der Waals surface area contributed by atoms with Gasteiger partial charge in [0.15, 0.2) is 22.2 Å². The molecule has 0 atom stereocenters. The van der Waals surface area contributed by atoms with Gasteiger partial charge in [-0.1, -0.05) is 12.1 Å².